The van der Waals surface area contributed by atoms with Crippen LogP contribution in [-0.2, 0) is 0 Å². The Morgan fingerprint density at radius 3 is 1.63 bits per heavy atom. The largest absolute Gasteiger partial charge is 0.309 e. The monoisotopic (exact) mass is 1020 g/mol. The summed E-state index contributed by atoms with van der Waals surface area (Å²) in [4.78, 5) is 2.64. The van der Waals surface area contributed by atoms with Crippen molar-refractivity contribution >= 4 is 93.9 Å². The van der Waals surface area contributed by atoms with E-state index in [2.05, 4.69) is 290 Å². The maximum absolute atomic E-state index is 3.23. The highest BCUT2D eigenvalue weighted by Crippen LogP contribution is 2.44. The molecule has 0 bridgehead atoms. The van der Waals surface area contributed by atoms with Crippen LogP contribution in [0.2, 0.25) is 0 Å². The summed E-state index contributed by atoms with van der Waals surface area (Å²) < 4.78 is 5.06. The average Bonchev–Trinajstić information content (AvgIpc) is 4.10. The van der Waals surface area contributed by atoms with Crippen molar-refractivity contribution in [1.29, 1.82) is 0 Å². The summed E-state index contributed by atoms with van der Waals surface area (Å²) in [5, 5.41) is 10.7. The Kier molecular flexibility index (Phi) is 10.7. The van der Waals surface area contributed by atoms with Crippen molar-refractivity contribution in [3.63, 3.8) is 0 Å². The van der Waals surface area contributed by atoms with Gasteiger partial charge in [-0.3, -0.25) is 0 Å². The quantitative estimate of drug-likeness (QED) is 0.137. The van der Waals surface area contributed by atoms with E-state index in [9.17, 15) is 0 Å². The maximum Gasteiger partial charge on any atom is 0.182 e. The van der Waals surface area contributed by atoms with Gasteiger partial charge in [0.15, 0.2) is 8.07 Å². The van der Waals surface area contributed by atoms with E-state index < -0.39 is 8.07 Å². The second kappa shape index (κ2) is 18.3. The summed E-state index contributed by atoms with van der Waals surface area (Å²) in [6, 6.07) is 107. The number of benzene rings is 12. The normalized spacial score (nSPS) is 14.1. The molecule has 0 fully saturated rings. The summed E-state index contributed by atoms with van der Waals surface area (Å²) in [6.45, 7) is 0. The number of thiophene rings is 1. The first kappa shape index (κ1) is 44.7. The molecule has 3 heterocycles. The molecule has 0 saturated carbocycles. The van der Waals surface area contributed by atoms with Gasteiger partial charge in [0.25, 0.3) is 0 Å². The summed E-state index contributed by atoms with van der Waals surface area (Å²) in [5.74, 6) is 0. The minimum Gasteiger partial charge on any atom is -0.309 e. The van der Waals surface area contributed by atoms with E-state index in [0.29, 0.717) is 0 Å². The molecule has 1 aliphatic rings. The van der Waals surface area contributed by atoms with Gasteiger partial charge in [-0.15, -0.1) is 11.3 Å². The number of nitrogens with zero attached hydrogens (tertiary/aromatic N) is 1. The van der Waals surface area contributed by atoms with Crippen molar-refractivity contribution in [1.82, 2.24) is 4.57 Å². The third-order valence-corrected chi connectivity index (χ3v) is 23.5. The fraction of sp³-hybridized carbons (Fsp3) is 0. The van der Waals surface area contributed by atoms with Gasteiger partial charge < -0.3 is 4.57 Å². The van der Waals surface area contributed by atoms with Crippen molar-refractivity contribution in [3.8, 4) is 61.3 Å². The molecular weight excluding hydrogens is 971 g/mol. The lowest BCUT2D eigenvalue weighted by molar-refractivity contribution is 1.18. The number of fused-ring (bicyclic) bond motifs is 8. The van der Waals surface area contributed by atoms with Crippen LogP contribution in [0.5, 0.6) is 0 Å². The maximum atomic E-state index is 2.54. The molecule has 0 spiro atoms. The molecule has 1 nitrogen and oxygen atoms in total. The SMILES string of the molecule is c1ccc(-c2ccc([Si]3(c4cccc(-c5ccc(-n6c7ccccc7c7ccccc76)cc5)c4)c4ccccc4Sc4c(-c5cccc(-c6cccc7c6sc6ccccc67)c5)cccc43)c(-c3ccccc3)c2)cc1. The van der Waals surface area contributed by atoms with Crippen LogP contribution in [-0.4, -0.2) is 12.6 Å². The Labute approximate surface area is 451 Å². The van der Waals surface area contributed by atoms with Crippen LogP contribution in [0.3, 0.4) is 0 Å². The van der Waals surface area contributed by atoms with Crippen LogP contribution in [0.1, 0.15) is 0 Å². The molecule has 4 heteroatoms. The Bertz CT molecular complexity index is 4500. The molecule has 2 aromatic heterocycles. The highest BCUT2D eigenvalue weighted by atomic mass is 32.2. The van der Waals surface area contributed by atoms with Gasteiger partial charge in [0.2, 0.25) is 0 Å². The van der Waals surface area contributed by atoms with E-state index in [4.69, 9.17) is 0 Å². The number of hydrogen-bond acceptors (Lipinski definition) is 2. The fourth-order valence-electron chi connectivity index (χ4n) is 12.3. The van der Waals surface area contributed by atoms with Crippen molar-refractivity contribution in [3.05, 3.63) is 285 Å². The third kappa shape index (κ3) is 7.13. The highest BCUT2D eigenvalue weighted by molar-refractivity contribution is 8.00. The van der Waals surface area contributed by atoms with Crippen LogP contribution >= 0.6 is 23.1 Å². The molecule has 1 atom stereocenters. The van der Waals surface area contributed by atoms with Crippen molar-refractivity contribution in [2.24, 2.45) is 0 Å². The Balaban J connectivity index is 0.961. The van der Waals surface area contributed by atoms with Crippen LogP contribution in [0.4, 0.5) is 0 Å². The summed E-state index contributed by atoms with van der Waals surface area (Å²) in [6.07, 6.45) is 0. The number of rotatable bonds is 8. The Hall–Kier alpha value is -8.77. The van der Waals surface area contributed by atoms with E-state index in [1.54, 1.807) is 0 Å². The first-order valence-corrected chi connectivity index (χ1v) is 29.7. The highest BCUT2D eigenvalue weighted by Gasteiger charge is 2.49. The molecule has 0 saturated heterocycles. The molecule has 12 aromatic carbocycles. The van der Waals surface area contributed by atoms with Crippen molar-refractivity contribution in [2.45, 2.75) is 9.79 Å². The first-order chi connectivity index (χ1) is 37.7. The zero-order chi connectivity index (χ0) is 50.2. The first-order valence-electron chi connectivity index (χ1n) is 26.1. The summed E-state index contributed by atoms with van der Waals surface area (Å²) >= 11 is 3.84. The summed E-state index contributed by atoms with van der Waals surface area (Å²) in [5.41, 5.74) is 15.9. The molecule has 1 unspecified atom stereocenters. The average molecular weight is 1020 g/mol. The van der Waals surface area contributed by atoms with Gasteiger partial charge in [-0.2, -0.15) is 0 Å². The van der Waals surface area contributed by atoms with Crippen LogP contribution in [0.15, 0.2) is 295 Å². The van der Waals surface area contributed by atoms with E-state index in [-0.39, 0.29) is 0 Å². The van der Waals surface area contributed by atoms with E-state index in [0.717, 1.165) is 5.69 Å². The molecule has 14 aromatic rings. The molecule has 1 aliphatic heterocycles. The van der Waals surface area contributed by atoms with Gasteiger partial charge >= 0.3 is 0 Å². The van der Waals surface area contributed by atoms with E-state index in [1.165, 1.54) is 128 Å². The van der Waals surface area contributed by atoms with Gasteiger partial charge in [-0.1, -0.05) is 248 Å². The molecule has 76 heavy (non-hydrogen) atoms. The Morgan fingerprint density at radius 2 is 0.842 bits per heavy atom. The topological polar surface area (TPSA) is 4.93 Å². The van der Waals surface area contributed by atoms with E-state index in [1.807, 2.05) is 23.1 Å². The standard InChI is InChI=1S/C72H47NS2Si/c1-3-19-48(20-4-1)52-41-44-68(63(47-52)50-21-5-2-6-22-50)76(56-26-16-23-51(46-56)49-39-42-55(43-40-49)73-64-33-10-7-27-59(64)60-28-8-11-34-65(60)73)69-37-14-13-36-67(69)75-72-58(31-18-38-70(72)76)54-25-15-24-53(45-54)57-30-17-32-62-61-29-9-12-35-66(61)74-71(57)62/h1-47H. The molecule has 0 amide bonds. The number of aromatic nitrogens is 1. The lowest BCUT2D eigenvalue weighted by atomic mass is 9.98. The van der Waals surface area contributed by atoms with E-state index >= 15 is 0 Å². The lowest BCUT2D eigenvalue weighted by Gasteiger charge is -2.42. The molecule has 0 radical (unpaired) electrons. The molecule has 0 aliphatic carbocycles. The predicted octanol–water partition coefficient (Wildman–Crippen LogP) is 17.3. The molecular formula is C72H47NS2Si. The number of para-hydroxylation sites is 2. The van der Waals surface area contributed by atoms with Crippen LogP contribution in [0.25, 0.3) is 103 Å². The van der Waals surface area contributed by atoms with Gasteiger partial charge in [-0.25, -0.2) is 0 Å². The minimum atomic E-state index is -3.23. The molecule has 0 N–H and O–H groups in total. The van der Waals surface area contributed by atoms with Crippen molar-refractivity contribution < 1.29 is 0 Å². The lowest BCUT2D eigenvalue weighted by Crippen LogP contribution is -2.76. The predicted molar refractivity (Wildman–Crippen MR) is 329 cm³/mol. The second-order valence-electron chi connectivity index (χ2n) is 19.9. The van der Waals surface area contributed by atoms with Crippen molar-refractivity contribution in [2.75, 3.05) is 0 Å². The second-order valence-corrected chi connectivity index (χ2v) is 25.7. The Morgan fingerprint density at radius 1 is 0.303 bits per heavy atom. The molecule has 15 rings (SSSR count). The number of hydrogen-bond donors (Lipinski definition) is 0. The van der Waals surface area contributed by atoms with Gasteiger partial charge in [0, 0.05) is 46.4 Å². The molecule has 356 valence electrons. The van der Waals surface area contributed by atoms with Crippen LogP contribution in [0, 0.1) is 0 Å². The zero-order valence-corrected chi connectivity index (χ0v) is 44.0. The fourth-order valence-corrected chi connectivity index (χ4v) is 20.9. The minimum absolute atomic E-state index is 1.15. The summed E-state index contributed by atoms with van der Waals surface area (Å²) in [7, 11) is -3.23. The van der Waals surface area contributed by atoms with Gasteiger partial charge in [0.1, 0.15) is 0 Å². The third-order valence-electron chi connectivity index (χ3n) is 15.8. The van der Waals surface area contributed by atoms with Gasteiger partial charge in [-0.05, 0) is 125 Å². The zero-order valence-electron chi connectivity index (χ0n) is 41.4. The van der Waals surface area contributed by atoms with Gasteiger partial charge in [0.05, 0.1) is 11.0 Å². The van der Waals surface area contributed by atoms with Crippen LogP contribution < -0.4 is 20.7 Å². The smallest absolute Gasteiger partial charge is 0.182 e.